The zero-order valence-electron chi connectivity index (χ0n) is 12.4. The molecule has 20 heavy (non-hydrogen) atoms. The van der Waals surface area contributed by atoms with E-state index in [1.165, 1.54) is 5.56 Å². The molecule has 0 bridgehead atoms. The Hall–Kier alpha value is -1.71. The van der Waals surface area contributed by atoms with Crippen molar-refractivity contribution in [3.63, 3.8) is 0 Å². The molecule has 1 unspecified atom stereocenters. The van der Waals surface area contributed by atoms with Gasteiger partial charge in [-0.25, -0.2) is 4.79 Å². The van der Waals surface area contributed by atoms with Gasteiger partial charge < -0.3 is 15.4 Å². The molecule has 4 heteroatoms. The molecule has 0 spiro atoms. The summed E-state index contributed by atoms with van der Waals surface area (Å²) in [6, 6.07) is 5.79. The molecule has 1 atom stereocenters. The maximum absolute atomic E-state index is 12.2. The number of hydrogen-bond acceptors (Lipinski definition) is 4. The Morgan fingerprint density at radius 2 is 2.25 bits per heavy atom. The number of nitrogens with zero attached hydrogens (tertiary/aromatic N) is 1. The SMILES string of the molecule is CCCC(C(=O)OCC)N1CCCc2cc(N)ccc21. The second-order valence-electron chi connectivity index (χ2n) is 5.24. The van der Waals surface area contributed by atoms with E-state index in [9.17, 15) is 4.79 Å². The molecule has 1 aliphatic heterocycles. The molecule has 0 saturated heterocycles. The van der Waals surface area contributed by atoms with Crippen molar-refractivity contribution in [1.29, 1.82) is 0 Å². The number of esters is 1. The van der Waals surface area contributed by atoms with Gasteiger partial charge in [-0.2, -0.15) is 0 Å². The average molecular weight is 276 g/mol. The molecule has 1 aromatic carbocycles. The fraction of sp³-hybridized carbons (Fsp3) is 0.562. The first-order valence-electron chi connectivity index (χ1n) is 7.49. The van der Waals surface area contributed by atoms with Gasteiger partial charge in [-0.15, -0.1) is 0 Å². The number of anilines is 2. The number of benzene rings is 1. The van der Waals surface area contributed by atoms with Crippen molar-refractivity contribution in [3.05, 3.63) is 23.8 Å². The Balaban J connectivity index is 2.29. The number of nitrogen functional groups attached to an aromatic ring is 1. The first kappa shape index (κ1) is 14.7. The van der Waals surface area contributed by atoms with E-state index in [1.54, 1.807) is 0 Å². The van der Waals surface area contributed by atoms with Crippen LogP contribution < -0.4 is 10.6 Å². The van der Waals surface area contributed by atoms with Crippen LogP contribution in [0.3, 0.4) is 0 Å². The molecule has 0 radical (unpaired) electrons. The summed E-state index contributed by atoms with van der Waals surface area (Å²) in [5.41, 5.74) is 9.02. The van der Waals surface area contributed by atoms with Crippen molar-refractivity contribution in [2.45, 2.75) is 45.6 Å². The molecule has 0 fully saturated rings. The van der Waals surface area contributed by atoms with Gasteiger partial charge in [0.1, 0.15) is 6.04 Å². The van der Waals surface area contributed by atoms with Gasteiger partial charge in [-0.05, 0) is 49.9 Å². The lowest BCUT2D eigenvalue weighted by Gasteiger charge is -2.36. The predicted octanol–water partition coefficient (Wildman–Crippen LogP) is 2.75. The molecular formula is C16H24N2O2. The third-order valence-electron chi connectivity index (χ3n) is 3.76. The van der Waals surface area contributed by atoms with E-state index < -0.39 is 0 Å². The monoisotopic (exact) mass is 276 g/mol. The fourth-order valence-corrected chi connectivity index (χ4v) is 2.88. The molecule has 0 amide bonds. The van der Waals surface area contributed by atoms with E-state index in [-0.39, 0.29) is 12.0 Å². The van der Waals surface area contributed by atoms with E-state index in [4.69, 9.17) is 10.5 Å². The highest BCUT2D eigenvalue weighted by molar-refractivity contribution is 5.81. The van der Waals surface area contributed by atoms with E-state index in [1.807, 2.05) is 25.1 Å². The van der Waals surface area contributed by atoms with E-state index in [2.05, 4.69) is 11.8 Å². The Bertz CT molecular complexity index is 474. The quantitative estimate of drug-likeness (QED) is 0.663. The van der Waals surface area contributed by atoms with Gasteiger partial charge >= 0.3 is 5.97 Å². The third-order valence-corrected chi connectivity index (χ3v) is 3.76. The number of rotatable bonds is 5. The van der Waals surface area contributed by atoms with Crippen LogP contribution in [-0.4, -0.2) is 25.2 Å². The van der Waals surface area contributed by atoms with Crippen molar-refractivity contribution >= 4 is 17.3 Å². The highest BCUT2D eigenvalue weighted by Gasteiger charge is 2.29. The molecule has 2 N–H and O–H groups in total. The highest BCUT2D eigenvalue weighted by Crippen LogP contribution is 2.31. The van der Waals surface area contributed by atoms with Crippen LogP contribution in [-0.2, 0) is 16.0 Å². The van der Waals surface area contributed by atoms with Crippen molar-refractivity contribution in [2.24, 2.45) is 0 Å². The minimum atomic E-state index is -0.178. The number of ether oxygens (including phenoxy) is 1. The summed E-state index contributed by atoms with van der Waals surface area (Å²) in [5.74, 6) is -0.112. The minimum Gasteiger partial charge on any atom is -0.464 e. The number of hydrogen-bond donors (Lipinski definition) is 1. The van der Waals surface area contributed by atoms with Gasteiger partial charge in [-0.1, -0.05) is 13.3 Å². The van der Waals surface area contributed by atoms with Gasteiger partial charge in [-0.3, -0.25) is 0 Å². The summed E-state index contributed by atoms with van der Waals surface area (Å²) < 4.78 is 5.24. The van der Waals surface area contributed by atoms with Gasteiger partial charge in [0.2, 0.25) is 0 Å². The molecule has 1 aliphatic rings. The van der Waals surface area contributed by atoms with Crippen molar-refractivity contribution < 1.29 is 9.53 Å². The second-order valence-corrected chi connectivity index (χ2v) is 5.24. The van der Waals surface area contributed by atoms with Gasteiger partial charge in [0.25, 0.3) is 0 Å². The lowest BCUT2D eigenvalue weighted by Crippen LogP contribution is -2.45. The summed E-state index contributed by atoms with van der Waals surface area (Å²) in [5, 5.41) is 0. The van der Waals surface area contributed by atoms with Crippen LogP contribution in [0, 0.1) is 0 Å². The molecule has 0 saturated carbocycles. The number of nitrogens with two attached hydrogens (primary N) is 1. The van der Waals surface area contributed by atoms with Gasteiger partial charge in [0.05, 0.1) is 6.61 Å². The van der Waals surface area contributed by atoms with Crippen LogP contribution >= 0.6 is 0 Å². The maximum atomic E-state index is 12.2. The molecular weight excluding hydrogens is 252 g/mol. The van der Waals surface area contributed by atoms with E-state index >= 15 is 0 Å². The first-order chi connectivity index (χ1) is 9.67. The van der Waals surface area contributed by atoms with Crippen LogP contribution in [0.25, 0.3) is 0 Å². The Morgan fingerprint density at radius 1 is 1.45 bits per heavy atom. The third kappa shape index (κ3) is 3.06. The normalized spacial score (nSPS) is 15.6. The Morgan fingerprint density at radius 3 is 2.95 bits per heavy atom. The molecule has 4 nitrogen and oxygen atoms in total. The molecule has 2 rings (SSSR count). The summed E-state index contributed by atoms with van der Waals surface area (Å²) in [4.78, 5) is 14.4. The van der Waals surface area contributed by atoms with Crippen molar-refractivity contribution in [3.8, 4) is 0 Å². The summed E-state index contributed by atoms with van der Waals surface area (Å²) in [6.07, 6.45) is 3.86. The van der Waals surface area contributed by atoms with Crippen LogP contribution in [0.2, 0.25) is 0 Å². The standard InChI is InChI=1S/C16H24N2O2/c1-3-6-15(16(19)20-4-2)18-10-5-7-12-11-13(17)8-9-14(12)18/h8-9,11,15H,3-7,10,17H2,1-2H3. The first-order valence-corrected chi connectivity index (χ1v) is 7.49. The smallest absolute Gasteiger partial charge is 0.328 e. The number of carbonyl (C=O) groups is 1. The highest BCUT2D eigenvalue weighted by atomic mass is 16.5. The zero-order valence-corrected chi connectivity index (χ0v) is 12.4. The maximum Gasteiger partial charge on any atom is 0.328 e. The fourth-order valence-electron chi connectivity index (χ4n) is 2.88. The Kier molecular flexibility index (Phi) is 4.88. The van der Waals surface area contributed by atoms with Gasteiger partial charge in [0, 0.05) is 17.9 Å². The lowest BCUT2D eigenvalue weighted by molar-refractivity contribution is -0.145. The molecule has 1 aromatic rings. The molecule has 1 heterocycles. The van der Waals surface area contributed by atoms with Crippen LogP contribution in [0.4, 0.5) is 11.4 Å². The number of fused-ring (bicyclic) bond motifs is 1. The molecule has 110 valence electrons. The summed E-state index contributed by atoms with van der Waals surface area (Å²) >= 11 is 0. The topological polar surface area (TPSA) is 55.6 Å². The van der Waals surface area contributed by atoms with Crippen LogP contribution in [0.15, 0.2) is 18.2 Å². The van der Waals surface area contributed by atoms with E-state index in [0.29, 0.717) is 6.61 Å². The molecule has 0 aromatic heterocycles. The Labute approximate surface area is 120 Å². The predicted molar refractivity (Wildman–Crippen MR) is 81.9 cm³/mol. The zero-order chi connectivity index (χ0) is 14.5. The number of aryl methyl sites for hydroxylation is 1. The minimum absolute atomic E-state index is 0.112. The van der Waals surface area contributed by atoms with Crippen molar-refractivity contribution in [1.82, 2.24) is 0 Å². The number of carbonyl (C=O) groups excluding carboxylic acids is 1. The average Bonchev–Trinajstić information content (AvgIpc) is 2.44. The lowest BCUT2D eigenvalue weighted by atomic mass is 9.98. The molecule has 0 aliphatic carbocycles. The van der Waals surface area contributed by atoms with Crippen LogP contribution in [0.5, 0.6) is 0 Å². The van der Waals surface area contributed by atoms with Gasteiger partial charge in [0.15, 0.2) is 0 Å². The largest absolute Gasteiger partial charge is 0.464 e. The summed E-state index contributed by atoms with van der Waals surface area (Å²) in [6.45, 7) is 5.29. The summed E-state index contributed by atoms with van der Waals surface area (Å²) in [7, 11) is 0. The van der Waals surface area contributed by atoms with E-state index in [0.717, 1.165) is 43.6 Å². The van der Waals surface area contributed by atoms with Crippen LogP contribution in [0.1, 0.15) is 38.7 Å². The van der Waals surface area contributed by atoms with Crippen molar-refractivity contribution in [2.75, 3.05) is 23.8 Å². The second kappa shape index (κ2) is 6.64.